The Morgan fingerprint density at radius 2 is 2.25 bits per heavy atom. The summed E-state index contributed by atoms with van der Waals surface area (Å²) in [6, 6.07) is 0. The summed E-state index contributed by atoms with van der Waals surface area (Å²) in [7, 11) is 0. The molecule has 1 heterocycles. The SMILES string of the molecule is CCC(C)C1SC(C)=NC(C)S1. The zero-order valence-corrected chi connectivity index (χ0v) is 9.84. The van der Waals surface area contributed by atoms with Crippen molar-refractivity contribution in [3.8, 4) is 0 Å². The molecule has 1 rings (SSSR count). The number of rotatable bonds is 2. The van der Waals surface area contributed by atoms with Crippen LogP contribution in [0, 0.1) is 5.92 Å². The van der Waals surface area contributed by atoms with Crippen LogP contribution >= 0.6 is 23.5 Å². The highest BCUT2D eigenvalue weighted by molar-refractivity contribution is 8.25. The minimum atomic E-state index is 0.463. The summed E-state index contributed by atoms with van der Waals surface area (Å²) in [6.45, 7) is 8.90. The molecule has 1 aliphatic heterocycles. The van der Waals surface area contributed by atoms with E-state index in [2.05, 4.69) is 32.7 Å². The molecule has 3 unspecified atom stereocenters. The fourth-order valence-corrected chi connectivity index (χ4v) is 4.39. The number of hydrogen-bond donors (Lipinski definition) is 0. The van der Waals surface area contributed by atoms with Crippen LogP contribution in [0.1, 0.15) is 34.1 Å². The van der Waals surface area contributed by atoms with Gasteiger partial charge in [-0.3, -0.25) is 4.99 Å². The zero-order valence-electron chi connectivity index (χ0n) is 8.20. The van der Waals surface area contributed by atoms with Gasteiger partial charge in [0.25, 0.3) is 0 Å². The molecule has 3 heteroatoms. The second kappa shape index (κ2) is 4.56. The first-order valence-electron chi connectivity index (χ1n) is 4.50. The van der Waals surface area contributed by atoms with Gasteiger partial charge in [0.2, 0.25) is 0 Å². The predicted molar refractivity (Wildman–Crippen MR) is 61.0 cm³/mol. The van der Waals surface area contributed by atoms with Crippen LogP contribution in [0.3, 0.4) is 0 Å². The predicted octanol–water partition coefficient (Wildman–Crippen LogP) is 3.60. The lowest BCUT2D eigenvalue weighted by molar-refractivity contribution is 0.614. The highest BCUT2D eigenvalue weighted by atomic mass is 32.2. The van der Waals surface area contributed by atoms with Crippen LogP contribution < -0.4 is 0 Å². The third-order valence-electron chi connectivity index (χ3n) is 2.09. The molecule has 0 aromatic carbocycles. The molecule has 0 N–H and O–H groups in total. The van der Waals surface area contributed by atoms with E-state index in [9.17, 15) is 0 Å². The lowest BCUT2D eigenvalue weighted by Gasteiger charge is -2.27. The molecule has 0 bridgehead atoms. The summed E-state index contributed by atoms with van der Waals surface area (Å²) in [5, 5.41) is 1.72. The maximum Gasteiger partial charge on any atom is 0.0944 e. The molecule has 0 radical (unpaired) electrons. The number of nitrogens with zero attached hydrogens (tertiary/aromatic N) is 1. The van der Waals surface area contributed by atoms with Crippen molar-refractivity contribution < 1.29 is 0 Å². The van der Waals surface area contributed by atoms with Gasteiger partial charge in [-0.05, 0) is 19.8 Å². The summed E-state index contributed by atoms with van der Waals surface area (Å²) >= 11 is 3.93. The summed E-state index contributed by atoms with van der Waals surface area (Å²) in [5.41, 5.74) is 0. The Kier molecular flexibility index (Phi) is 3.97. The Bertz CT molecular complexity index is 179. The smallest absolute Gasteiger partial charge is 0.0944 e. The van der Waals surface area contributed by atoms with Gasteiger partial charge in [-0.15, -0.1) is 11.8 Å². The Balaban J connectivity index is 2.55. The molecule has 3 atom stereocenters. The first-order chi connectivity index (χ1) is 5.63. The van der Waals surface area contributed by atoms with Crippen molar-refractivity contribution in [1.82, 2.24) is 0 Å². The first-order valence-corrected chi connectivity index (χ1v) is 6.32. The third kappa shape index (κ3) is 2.70. The molecule has 0 aromatic heterocycles. The van der Waals surface area contributed by atoms with Crippen LogP contribution in [0.5, 0.6) is 0 Å². The molecule has 1 aliphatic rings. The van der Waals surface area contributed by atoms with Crippen molar-refractivity contribution in [3.63, 3.8) is 0 Å². The Morgan fingerprint density at radius 1 is 1.58 bits per heavy atom. The third-order valence-corrected chi connectivity index (χ3v) is 5.09. The van der Waals surface area contributed by atoms with E-state index in [1.165, 1.54) is 11.5 Å². The van der Waals surface area contributed by atoms with Crippen molar-refractivity contribution in [2.45, 2.75) is 44.1 Å². The van der Waals surface area contributed by atoms with E-state index in [-0.39, 0.29) is 0 Å². The molecular weight excluding hydrogens is 186 g/mol. The average molecular weight is 203 g/mol. The highest BCUT2D eigenvalue weighted by Crippen LogP contribution is 2.39. The van der Waals surface area contributed by atoms with E-state index in [0.29, 0.717) is 5.37 Å². The summed E-state index contributed by atoms with van der Waals surface area (Å²) in [4.78, 5) is 4.49. The quantitative estimate of drug-likeness (QED) is 0.680. The standard InChI is InChI=1S/C9H17NS2/c1-5-6(2)9-11-7(3)10-8(4)12-9/h6-7,9H,5H2,1-4H3. The Labute approximate surface area is 83.8 Å². The van der Waals surface area contributed by atoms with Gasteiger partial charge in [0.15, 0.2) is 0 Å². The second-order valence-corrected chi connectivity index (χ2v) is 6.35. The molecule has 0 aromatic rings. The van der Waals surface area contributed by atoms with Crippen molar-refractivity contribution >= 4 is 28.6 Å². The average Bonchev–Trinajstić information content (AvgIpc) is 2.01. The van der Waals surface area contributed by atoms with Gasteiger partial charge in [0.1, 0.15) is 0 Å². The molecule has 70 valence electrons. The van der Waals surface area contributed by atoms with Gasteiger partial charge in [-0.2, -0.15) is 0 Å². The van der Waals surface area contributed by atoms with Crippen LogP contribution in [0.4, 0.5) is 0 Å². The van der Waals surface area contributed by atoms with Crippen LogP contribution in [-0.4, -0.2) is 15.0 Å². The summed E-state index contributed by atoms with van der Waals surface area (Å²) < 4.78 is 0.725. The molecule has 0 amide bonds. The van der Waals surface area contributed by atoms with Gasteiger partial charge >= 0.3 is 0 Å². The maximum atomic E-state index is 4.49. The number of hydrogen-bond acceptors (Lipinski definition) is 3. The van der Waals surface area contributed by atoms with E-state index >= 15 is 0 Å². The molecule has 0 fully saturated rings. The largest absolute Gasteiger partial charge is 0.269 e. The molecule has 0 saturated carbocycles. The summed E-state index contributed by atoms with van der Waals surface area (Å²) in [5.74, 6) is 0.799. The van der Waals surface area contributed by atoms with Crippen LogP contribution in [0.25, 0.3) is 0 Å². The van der Waals surface area contributed by atoms with Crippen molar-refractivity contribution in [3.05, 3.63) is 0 Å². The lowest BCUT2D eigenvalue weighted by atomic mass is 10.2. The maximum absolute atomic E-state index is 4.49. The second-order valence-electron chi connectivity index (χ2n) is 3.26. The van der Waals surface area contributed by atoms with Crippen molar-refractivity contribution in [1.29, 1.82) is 0 Å². The molecule has 0 aliphatic carbocycles. The van der Waals surface area contributed by atoms with Gasteiger partial charge < -0.3 is 0 Å². The highest BCUT2D eigenvalue weighted by Gasteiger charge is 2.24. The molecule has 1 nitrogen and oxygen atoms in total. The molecule has 0 saturated heterocycles. The van der Waals surface area contributed by atoms with Gasteiger partial charge in [0.05, 0.1) is 15.0 Å². The van der Waals surface area contributed by atoms with Crippen LogP contribution in [0.2, 0.25) is 0 Å². The van der Waals surface area contributed by atoms with Crippen molar-refractivity contribution in [2.24, 2.45) is 10.9 Å². The fraction of sp³-hybridized carbons (Fsp3) is 0.889. The lowest BCUT2D eigenvalue weighted by Crippen LogP contribution is -2.18. The van der Waals surface area contributed by atoms with E-state index in [0.717, 1.165) is 10.5 Å². The zero-order chi connectivity index (χ0) is 9.14. The Hall–Kier alpha value is 0.370. The monoisotopic (exact) mass is 203 g/mol. The molecule has 0 spiro atoms. The fourth-order valence-electron chi connectivity index (χ4n) is 1.15. The van der Waals surface area contributed by atoms with Gasteiger partial charge in [0, 0.05) is 0 Å². The van der Waals surface area contributed by atoms with E-state index < -0.39 is 0 Å². The first kappa shape index (κ1) is 10.5. The number of aliphatic imine (C=N–C) groups is 1. The normalized spacial score (nSPS) is 32.8. The Morgan fingerprint density at radius 3 is 2.75 bits per heavy atom. The minimum Gasteiger partial charge on any atom is -0.269 e. The van der Waals surface area contributed by atoms with Crippen LogP contribution in [0.15, 0.2) is 4.99 Å². The molecule has 12 heavy (non-hydrogen) atoms. The topological polar surface area (TPSA) is 12.4 Å². The van der Waals surface area contributed by atoms with E-state index in [1.54, 1.807) is 0 Å². The van der Waals surface area contributed by atoms with E-state index in [4.69, 9.17) is 0 Å². The minimum absolute atomic E-state index is 0.463. The molecular formula is C9H17NS2. The number of thioether (sulfide) groups is 2. The van der Waals surface area contributed by atoms with Gasteiger partial charge in [-0.25, -0.2) is 0 Å². The van der Waals surface area contributed by atoms with Crippen molar-refractivity contribution in [2.75, 3.05) is 0 Å². The van der Waals surface area contributed by atoms with Crippen LogP contribution in [-0.2, 0) is 0 Å². The van der Waals surface area contributed by atoms with E-state index in [1.807, 2.05) is 23.5 Å². The van der Waals surface area contributed by atoms with Gasteiger partial charge in [-0.1, -0.05) is 32.0 Å². The summed E-state index contributed by atoms with van der Waals surface area (Å²) in [6.07, 6.45) is 1.27.